The molecule has 1 fully saturated rings. The summed E-state index contributed by atoms with van der Waals surface area (Å²) in [6, 6.07) is 7.22. The van der Waals surface area contributed by atoms with Gasteiger partial charge in [0.1, 0.15) is 12.4 Å². The molecule has 2 rings (SSSR count). The van der Waals surface area contributed by atoms with Crippen molar-refractivity contribution in [3.05, 3.63) is 29.3 Å². The van der Waals surface area contributed by atoms with E-state index in [1.165, 1.54) is 0 Å². The SMILES string of the molecule is Cl.O=C(O)C1CCN(CCOc2ccc(Cl)cc2)C1. The van der Waals surface area contributed by atoms with Crippen LogP contribution in [0.25, 0.3) is 0 Å². The maximum Gasteiger partial charge on any atom is 0.307 e. The van der Waals surface area contributed by atoms with E-state index in [0.29, 0.717) is 18.2 Å². The number of carboxylic acids is 1. The molecule has 0 amide bonds. The summed E-state index contributed by atoms with van der Waals surface area (Å²) in [4.78, 5) is 12.9. The summed E-state index contributed by atoms with van der Waals surface area (Å²) in [6.45, 7) is 2.78. The Morgan fingerprint density at radius 1 is 1.42 bits per heavy atom. The Morgan fingerprint density at radius 3 is 2.68 bits per heavy atom. The highest BCUT2D eigenvalue weighted by Crippen LogP contribution is 2.17. The molecule has 0 saturated carbocycles. The predicted molar refractivity (Wildman–Crippen MR) is 76.4 cm³/mol. The molecule has 1 unspecified atom stereocenters. The van der Waals surface area contributed by atoms with Crippen molar-refractivity contribution in [3.63, 3.8) is 0 Å². The predicted octanol–water partition coefficient (Wildman–Crippen LogP) is 2.55. The number of hydrogen-bond donors (Lipinski definition) is 1. The van der Waals surface area contributed by atoms with E-state index < -0.39 is 5.97 Å². The molecule has 1 aliphatic rings. The van der Waals surface area contributed by atoms with Gasteiger partial charge in [-0.15, -0.1) is 12.4 Å². The molecule has 0 spiro atoms. The molecule has 1 aromatic rings. The first-order valence-electron chi connectivity index (χ1n) is 5.98. The monoisotopic (exact) mass is 305 g/mol. The molecule has 1 saturated heterocycles. The largest absolute Gasteiger partial charge is 0.492 e. The Bertz CT molecular complexity index is 411. The average molecular weight is 306 g/mol. The molecule has 1 aromatic carbocycles. The van der Waals surface area contributed by atoms with Gasteiger partial charge in [-0.25, -0.2) is 0 Å². The van der Waals surface area contributed by atoms with Crippen LogP contribution in [0.2, 0.25) is 5.02 Å². The Morgan fingerprint density at radius 2 is 2.11 bits per heavy atom. The fraction of sp³-hybridized carbons (Fsp3) is 0.462. The van der Waals surface area contributed by atoms with Crippen molar-refractivity contribution in [2.75, 3.05) is 26.2 Å². The lowest BCUT2D eigenvalue weighted by atomic mass is 10.1. The van der Waals surface area contributed by atoms with Crippen LogP contribution >= 0.6 is 24.0 Å². The van der Waals surface area contributed by atoms with Crippen LogP contribution in [0.1, 0.15) is 6.42 Å². The normalized spacial score (nSPS) is 18.9. The summed E-state index contributed by atoms with van der Waals surface area (Å²) in [5.41, 5.74) is 0. The van der Waals surface area contributed by atoms with Crippen molar-refractivity contribution in [1.82, 2.24) is 4.90 Å². The minimum absolute atomic E-state index is 0. The summed E-state index contributed by atoms with van der Waals surface area (Å²) < 4.78 is 5.57. The minimum atomic E-state index is -0.698. The zero-order valence-electron chi connectivity index (χ0n) is 10.4. The number of benzene rings is 1. The van der Waals surface area contributed by atoms with Gasteiger partial charge in [0.2, 0.25) is 0 Å². The highest BCUT2D eigenvalue weighted by molar-refractivity contribution is 6.30. The average Bonchev–Trinajstić information content (AvgIpc) is 2.81. The zero-order valence-corrected chi connectivity index (χ0v) is 12.0. The number of halogens is 2. The second-order valence-electron chi connectivity index (χ2n) is 4.43. The van der Waals surface area contributed by atoms with E-state index in [4.69, 9.17) is 21.4 Å². The number of carbonyl (C=O) groups is 1. The molecule has 0 bridgehead atoms. The molecule has 0 radical (unpaired) electrons. The fourth-order valence-corrected chi connectivity index (χ4v) is 2.19. The summed E-state index contributed by atoms with van der Waals surface area (Å²) in [5, 5.41) is 9.58. The number of aliphatic carboxylic acids is 1. The molecule has 1 atom stereocenters. The second-order valence-corrected chi connectivity index (χ2v) is 4.86. The number of likely N-dealkylation sites (tertiary alicyclic amines) is 1. The number of hydrogen-bond acceptors (Lipinski definition) is 3. The number of rotatable bonds is 5. The lowest BCUT2D eigenvalue weighted by Gasteiger charge is -2.15. The van der Waals surface area contributed by atoms with Crippen molar-refractivity contribution in [2.24, 2.45) is 5.92 Å². The Labute approximate surface area is 123 Å². The van der Waals surface area contributed by atoms with Crippen molar-refractivity contribution in [2.45, 2.75) is 6.42 Å². The van der Waals surface area contributed by atoms with Gasteiger partial charge in [0, 0.05) is 18.1 Å². The van der Waals surface area contributed by atoms with E-state index in [1.807, 2.05) is 12.1 Å². The molecule has 4 nitrogen and oxygen atoms in total. The van der Waals surface area contributed by atoms with Crippen molar-refractivity contribution < 1.29 is 14.6 Å². The van der Waals surface area contributed by atoms with Gasteiger partial charge in [0.25, 0.3) is 0 Å². The first-order valence-corrected chi connectivity index (χ1v) is 6.36. The van der Waals surface area contributed by atoms with Gasteiger partial charge < -0.3 is 9.84 Å². The topological polar surface area (TPSA) is 49.8 Å². The van der Waals surface area contributed by atoms with Crippen LogP contribution in [-0.2, 0) is 4.79 Å². The van der Waals surface area contributed by atoms with E-state index in [9.17, 15) is 4.79 Å². The van der Waals surface area contributed by atoms with Crippen molar-refractivity contribution in [3.8, 4) is 5.75 Å². The Hall–Kier alpha value is -0.970. The van der Waals surface area contributed by atoms with Gasteiger partial charge in [-0.2, -0.15) is 0 Å². The van der Waals surface area contributed by atoms with E-state index in [-0.39, 0.29) is 18.3 Å². The highest BCUT2D eigenvalue weighted by atomic mass is 35.5. The van der Waals surface area contributed by atoms with Crippen LogP contribution in [-0.4, -0.2) is 42.2 Å². The molecule has 1 heterocycles. The van der Waals surface area contributed by atoms with Crippen molar-refractivity contribution >= 4 is 30.0 Å². The Kier molecular flexibility index (Phi) is 6.42. The van der Waals surface area contributed by atoms with Gasteiger partial charge >= 0.3 is 5.97 Å². The van der Waals surface area contributed by atoms with E-state index >= 15 is 0 Å². The molecular formula is C13H17Cl2NO3. The molecule has 1 aliphatic heterocycles. The smallest absolute Gasteiger partial charge is 0.307 e. The molecule has 0 aliphatic carbocycles. The number of carboxylic acid groups (broad SMARTS) is 1. The molecule has 19 heavy (non-hydrogen) atoms. The van der Waals surface area contributed by atoms with Gasteiger partial charge in [0.05, 0.1) is 5.92 Å². The lowest BCUT2D eigenvalue weighted by molar-refractivity contribution is -0.141. The van der Waals surface area contributed by atoms with Crippen molar-refractivity contribution in [1.29, 1.82) is 0 Å². The third-order valence-electron chi connectivity index (χ3n) is 3.11. The van der Waals surface area contributed by atoms with Crippen LogP contribution < -0.4 is 4.74 Å². The fourth-order valence-electron chi connectivity index (χ4n) is 2.06. The first kappa shape index (κ1) is 16.1. The highest BCUT2D eigenvalue weighted by Gasteiger charge is 2.27. The van der Waals surface area contributed by atoms with Crippen LogP contribution in [0.15, 0.2) is 24.3 Å². The van der Waals surface area contributed by atoms with E-state index in [1.54, 1.807) is 12.1 Å². The summed E-state index contributed by atoms with van der Waals surface area (Å²) in [5.74, 6) is -0.134. The van der Waals surface area contributed by atoms with Gasteiger partial charge in [-0.1, -0.05) is 11.6 Å². The lowest BCUT2D eigenvalue weighted by Crippen LogP contribution is -2.27. The molecule has 6 heteroatoms. The molecule has 106 valence electrons. The van der Waals surface area contributed by atoms with Gasteiger partial charge in [-0.05, 0) is 37.2 Å². The second kappa shape index (κ2) is 7.58. The third-order valence-corrected chi connectivity index (χ3v) is 3.36. The summed E-state index contributed by atoms with van der Waals surface area (Å²) in [7, 11) is 0. The number of nitrogens with zero attached hydrogens (tertiary/aromatic N) is 1. The van der Waals surface area contributed by atoms with Crippen LogP contribution in [0, 0.1) is 5.92 Å². The van der Waals surface area contributed by atoms with Crippen LogP contribution in [0.4, 0.5) is 0 Å². The molecule has 0 aromatic heterocycles. The third kappa shape index (κ3) is 4.90. The van der Waals surface area contributed by atoms with E-state index in [0.717, 1.165) is 25.3 Å². The standard InChI is InChI=1S/C13H16ClNO3.ClH/c14-11-1-3-12(4-2-11)18-8-7-15-6-5-10(9-15)13(16)17;/h1-4,10H,5-9H2,(H,16,17);1H. The minimum Gasteiger partial charge on any atom is -0.492 e. The number of ether oxygens (including phenoxy) is 1. The first-order chi connectivity index (χ1) is 8.65. The van der Waals surface area contributed by atoms with Crippen LogP contribution in [0.3, 0.4) is 0 Å². The van der Waals surface area contributed by atoms with Crippen LogP contribution in [0.5, 0.6) is 5.75 Å². The summed E-state index contributed by atoms with van der Waals surface area (Å²) in [6.07, 6.45) is 0.732. The summed E-state index contributed by atoms with van der Waals surface area (Å²) >= 11 is 5.78. The van der Waals surface area contributed by atoms with Gasteiger partial charge in [-0.3, -0.25) is 9.69 Å². The van der Waals surface area contributed by atoms with Gasteiger partial charge in [0.15, 0.2) is 0 Å². The zero-order chi connectivity index (χ0) is 13.0. The Balaban J connectivity index is 0.00000180. The molecule has 1 N–H and O–H groups in total. The maximum atomic E-state index is 10.8. The van der Waals surface area contributed by atoms with E-state index in [2.05, 4.69) is 4.90 Å². The maximum absolute atomic E-state index is 10.8. The molecular weight excluding hydrogens is 289 g/mol. The quantitative estimate of drug-likeness (QED) is 0.908.